The Balaban J connectivity index is 2.22. The average Bonchev–Trinajstić information content (AvgIpc) is 2.76. The first-order chi connectivity index (χ1) is 9.37. The molecule has 0 aliphatic carbocycles. The summed E-state index contributed by atoms with van der Waals surface area (Å²) in [4.78, 5) is 18.4. The second-order valence-electron chi connectivity index (χ2n) is 3.61. The smallest absolute Gasteiger partial charge is 0.308 e. The van der Waals surface area contributed by atoms with Gasteiger partial charge in [0.05, 0.1) is 6.42 Å². The molecule has 2 N–H and O–H groups in total. The summed E-state index contributed by atoms with van der Waals surface area (Å²) in [5.74, 6) is -0.982. The predicted molar refractivity (Wildman–Crippen MR) is 73.5 cm³/mol. The lowest BCUT2D eigenvalue weighted by atomic mass is 10.3. The summed E-state index contributed by atoms with van der Waals surface area (Å²) in [7, 11) is -3.82. The number of hydrogen-bond acceptors (Lipinski definition) is 6. The third kappa shape index (κ3) is 3.65. The molecular weight excluding hydrogens is 326 g/mol. The van der Waals surface area contributed by atoms with E-state index in [4.69, 9.17) is 16.7 Å². The normalized spacial score (nSPS) is 11.2. The van der Waals surface area contributed by atoms with Crippen molar-refractivity contribution in [1.82, 2.24) is 9.97 Å². The number of thiophene rings is 1. The molecule has 10 heteroatoms. The quantitative estimate of drug-likeness (QED) is 0.805. The van der Waals surface area contributed by atoms with Gasteiger partial charge in [-0.05, 0) is 29.8 Å². The number of nitrogens with one attached hydrogen (secondary N) is 1. The Bertz CT molecular complexity index is 744. The number of aromatic nitrogens is 2. The van der Waals surface area contributed by atoms with E-state index in [1.165, 1.54) is 24.4 Å². The minimum absolute atomic E-state index is 0.00323. The van der Waals surface area contributed by atoms with E-state index in [9.17, 15) is 13.2 Å². The standard InChI is InChI=1S/C10H8ClN3O4S2/c11-10-12-4-3-7(13-10)14-20(17,18)9-2-1-6(19-9)5-8(15)16/h1-4H,5H2,(H,15,16)(H,12,13,14). The first-order valence-corrected chi connectivity index (χ1v) is 7.86. The van der Waals surface area contributed by atoms with Crippen molar-refractivity contribution in [1.29, 1.82) is 0 Å². The molecule has 0 saturated heterocycles. The van der Waals surface area contributed by atoms with Crippen molar-refractivity contribution in [2.45, 2.75) is 10.6 Å². The lowest BCUT2D eigenvalue weighted by Crippen LogP contribution is -2.12. The summed E-state index contributed by atoms with van der Waals surface area (Å²) in [6, 6.07) is 4.16. The zero-order valence-electron chi connectivity index (χ0n) is 9.78. The Hall–Kier alpha value is -1.71. The van der Waals surface area contributed by atoms with Crippen LogP contribution in [0.2, 0.25) is 5.28 Å². The van der Waals surface area contributed by atoms with Crippen LogP contribution in [0.3, 0.4) is 0 Å². The van der Waals surface area contributed by atoms with Crippen LogP contribution < -0.4 is 4.72 Å². The highest BCUT2D eigenvalue weighted by atomic mass is 35.5. The molecule has 2 heterocycles. The van der Waals surface area contributed by atoms with E-state index in [2.05, 4.69) is 14.7 Å². The van der Waals surface area contributed by atoms with Crippen LogP contribution in [0.15, 0.2) is 28.6 Å². The molecule has 2 rings (SSSR count). The van der Waals surface area contributed by atoms with Gasteiger partial charge in [0.2, 0.25) is 5.28 Å². The molecule has 0 bridgehead atoms. The summed E-state index contributed by atoms with van der Waals surface area (Å²) in [6.07, 6.45) is 1.09. The molecule has 0 amide bonds. The molecule has 0 unspecified atom stereocenters. The van der Waals surface area contributed by atoms with Crippen molar-refractivity contribution < 1.29 is 18.3 Å². The number of halogens is 1. The van der Waals surface area contributed by atoms with Gasteiger partial charge in [0.25, 0.3) is 10.0 Å². The van der Waals surface area contributed by atoms with E-state index in [0.717, 1.165) is 11.3 Å². The van der Waals surface area contributed by atoms with Gasteiger partial charge in [0.1, 0.15) is 10.0 Å². The molecule has 106 valence electrons. The molecule has 0 radical (unpaired) electrons. The summed E-state index contributed by atoms with van der Waals surface area (Å²) in [6.45, 7) is 0. The number of sulfonamides is 1. The van der Waals surface area contributed by atoms with E-state index in [-0.39, 0.29) is 21.7 Å². The van der Waals surface area contributed by atoms with Crippen LogP contribution in [0.4, 0.5) is 5.82 Å². The third-order valence-corrected chi connectivity index (χ3v) is 5.21. The summed E-state index contributed by atoms with van der Waals surface area (Å²) >= 11 is 6.45. The minimum atomic E-state index is -3.82. The van der Waals surface area contributed by atoms with E-state index < -0.39 is 16.0 Å². The van der Waals surface area contributed by atoms with Crippen molar-refractivity contribution in [3.63, 3.8) is 0 Å². The summed E-state index contributed by atoms with van der Waals surface area (Å²) < 4.78 is 26.4. The van der Waals surface area contributed by atoms with Crippen LogP contribution >= 0.6 is 22.9 Å². The maximum atomic E-state index is 12.1. The molecule has 0 spiro atoms. The fraction of sp³-hybridized carbons (Fsp3) is 0.100. The number of rotatable bonds is 5. The Morgan fingerprint density at radius 3 is 2.80 bits per heavy atom. The van der Waals surface area contributed by atoms with Gasteiger partial charge in [-0.1, -0.05) is 0 Å². The van der Waals surface area contributed by atoms with E-state index >= 15 is 0 Å². The summed E-state index contributed by atoms with van der Waals surface area (Å²) in [5.41, 5.74) is 0. The highest BCUT2D eigenvalue weighted by Crippen LogP contribution is 2.24. The van der Waals surface area contributed by atoms with Crippen LogP contribution in [0.1, 0.15) is 4.88 Å². The van der Waals surface area contributed by atoms with Crippen molar-refractivity contribution in [3.8, 4) is 0 Å². The van der Waals surface area contributed by atoms with Gasteiger partial charge in [-0.15, -0.1) is 11.3 Å². The third-order valence-electron chi connectivity index (χ3n) is 2.09. The van der Waals surface area contributed by atoms with Crippen LogP contribution in [0, 0.1) is 0 Å². The Morgan fingerprint density at radius 2 is 2.15 bits per heavy atom. The van der Waals surface area contributed by atoms with Crippen LogP contribution in [-0.2, 0) is 21.2 Å². The van der Waals surface area contributed by atoms with E-state index in [1.54, 1.807) is 0 Å². The molecule has 2 aromatic heterocycles. The fourth-order valence-corrected chi connectivity index (χ4v) is 3.82. The van der Waals surface area contributed by atoms with Crippen molar-refractivity contribution in [3.05, 3.63) is 34.6 Å². The molecular formula is C10H8ClN3O4S2. The lowest BCUT2D eigenvalue weighted by Gasteiger charge is -2.04. The van der Waals surface area contributed by atoms with Crippen molar-refractivity contribution in [2.75, 3.05) is 4.72 Å². The number of carboxylic acids is 1. The van der Waals surface area contributed by atoms with E-state index in [0.29, 0.717) is 4.88 Å². The predicted octanol–water partition coefficient (Wildman–Crippen LogP) is 1.62. The van der Waals surface area contributed by atoms with Gasteiger partial charge in [-0.3, -0.25) is 9.52 Å². The number of carboxylic acid groups (broad SMARTS) is 1. The fourth-order valence-electron chi connectivity index (χ4n) is 1.33. The Labute approximate surface area is 123 Å². The molecule has 0 aromatic carbocycles. The van der Waals surface area contributed by atoms with Gasteiger partial charge >= 0.3 is 5.97 Å². The number of aliphatic carboxylic acids is 1. The molecule has 0 saturated carbocycles. The average molecular weight is 334 g/mol. The van der Waals surface area contributed by atoms with Gasteiger partial charge in [0, 0.05) is 11.1 Å². The van der Waals surface area contributed by atoms with Gasteiger partial charge < -0.3 is 5.11 Å². The van der Waals surface area contributed by atoms with Crippen LogP contribution in [0.25, 0.3) is 0 Å². The second kappa shape index (κ2) is 5.73. The van der Waals surface area contributed by atoms with E-state index in [1.807, 2.05) is 0 Å². The highest BCUT2D eigenvalue weighted by molar-refractivity contribution is 7.94. The van der Waals surface area contributed by atoms with Gasteiger partial charge in [0.15, 0.2) is 0 Å². The molecule has 7 nitrogen and oxygen atoms in total. The number of carbonyl (C=O) groups is 1. The SMILES string of the molecule is O=C(O)Cc1ccc(S(=O)(=O)Nc2ccnc(Cl)n2)s1. The highest BCUT2D eigenvalue weighted by Gasteiger charge is 2.18. The number of nitrogens with zero attached hydrogens (tertiary/aromatic N) is 2. The Morgan fingerprint density at radius 1 is 1.40 bits per heavy atom. The molecule has 0 fully saturated rings. The Kier molecular flexibility index (Phi) is 4.21. The van der Waals surface area contributed by atoms with Crippen molar-refractivity contribution >= 4 is 44.7 Å². The van der Waals surface area contributed by atoms with Gasteiger partial charge in [-0.2, -0.15) is 4.98 Å². The maximum Gasteiger partial charge on any atom is 0.308 e. The number of anilines is 1. The minimum Gasteiger partial charge on any atom is -0.481 e. The first kappa shape index (κ1) is 14.7. The van der Waals surface area contributed by atoms with Crippen LogP contribution in [-0.4, -0.2) is 29.5 Å². The van der Waals surface area contributed by atoms with Gasteiger partial charge in [-0.25, -0.2) is 13.4 Å². The molecule has 20 heavy (non-hydrogen) atoms. The maximum absolute atomic E-state index is 12.1. The van der Waals surface area contributed by atoms with Crippen LogP contribution in [0.5, 0.6) is 0 Å². The second-order valence-corrected chi connectivity index (χ2v) is 7.02. The first-order valence-electron chi connectivity index (χ1n) is 5.19. The zero-order chi connectivity index (χ0) is 14.8. The molecule has 2 aromatic rings. The zero-order valence-corrected chi connectivity index (χ0v) is 12.2. The largest absolute Gasteiger partial charge is 0.481 e. The molecule has 0 aliphatic heterocycles. The topological polar surface area (TPSA) is 109 Å². The molecule has 0 atom stereocenters. The monoisotopic (exact) mass is 333 g/mol. The lowest BCUT2D eigenvalue weighted by molar-refractivity contribution is -0.136. The summed E-state index contributed by atoms with van der Waals surface area (Å²) in [5, 5.41) is 8.57. The number of hydrogen-bond donors (Lipinski definition) is 2. The molecule has 0 aliphatic rings. The van der Waals surface area contributed by atoms with Crippen molar-refractivity contribution in [2.24, 2.45) is 0 Å².